The SMILES string of the molecule is COc1cc(C(=O)NS(=O)(=O)N(C)c2ccccc2)cc(C)n1. The van der Waals surface area contributed by atoms with Crippen LogP contribution in [0.15, 0.2) is 42.5 Å². The fourth-order valence-corrected chi connectivity index (χ4v) is 2.78. The molecular formula is C15H17N3O4S. The number of para-hydroxylation sites is 1. The average Bonchev–Trinajstić information content (AvgIpc) is 2.53. The molecule has 0 aliphatic rings. The van der Waals surface area contributed by atoms with Gasteiger partial charge in [-0.3, -0.25) is 9.10 Å². The molecule has 0 saturated heterocycles. The molecular weight excluding hydrogens is 318 g/mol. The summed E-state index contributed by atoms with van der Waals surface area (Å²) in [6, 6.07) is 11.3. The minimum atomic E-state index is -4.02. The summed E-state index contributed by atoms with van der Waals surface area (Å²) in [6.07, 6.45) is 0. The Labute approximate surface area is 135 Å². The summed E-state index contributed by atoms with van der Waals surface area (Å²) >= 11 is 0. The van der Waals surface area contributed by atoms with Crippen LogP contribution < -0.4 is 13.8 Å². The van der Waals surface area contributed by atoms with Gasteiger partial charge in [-0.25, -0.2) is 9.71 Å². The summed E-state index contributed by atoms with van der Waals surface area (Å²) in [7, 11) is -1.24. The van der Waals surface area contributed by atoms with Crippen LogP contribution in [-0.4, -0.2) is 33.5 Å². The van der Waals surface area contributed by atoms with Crippen molar-refractivity contribution in [3.05, 3.63) is 53.7 Å². The number of ether oxygens (including phenoxy) is 1. The Hall–Kier alpha value is -2.61. The Kier molecular flexibility index (Phi) is 4.85. The molecule has 1 aromatic heterocycles. The Morgan fingerprint density at radius 1 is 1.22 bits per heavy atom. The van der Waals surface area contributed by atoms with Gasteiger partial charge in [-0.1, -0.05) is 18.2 Å². The predicted octanol–water partition coefficient (Wildman–Crippen LogP) is 1.51. The van der Waals surface area contributed by atoms with Crippen LogP contribution in [0.25, 0.3) is 0 Å². The topological polar surface area (TPSA) is 88.6 Å². The second kappa shape index (κ2) is 6.66. The molecule has 1 heterocycles. The summed E-state index contributed by atoms with van der Waals surface area (Å²) in [5.41, 5.74) is 1.14. The maximum Gasteiger partial charge on any atom is 0.326 e. The first-order valence-corrected chi connectivity index (χ1v) is 8.16. The van der Waals surface area contributed by atoms with E-state index in [0.717, 1.165) is 4.31 Å². The lowest BCUT2D eigenvalue weighted by Crippen LogP contribution is -2.41. The van der Waals surface area contributed by atoms with E-state index < -0.39 is 16.1 Å². The average molecular weight is 335 g/mol. The van der Waals surface area contributed by atoms with E-state index in [1.807, 2.05) is 4.72 Å². The monoisotopic (exact) mass is 335 g/mol. The molecule has 0 bridgehead atoms. The van der Waals surface area contributed by atoms with Gasteiger partial charge < -0.3 is 4.74 Å². The normalized spacial score (nSPS) is 10.9. The number of aromatic nitrogens is 1. The Bertz CT molecular complexity index is 807. The standard InChI is InChI=1S/C15H17N3O4S/c1-11-9-12(10-14(16-11)22-3)15(19)17-23(20,21)18(2)13-7-5-4-6-8-13/h4-10H,1-3H3,(H,17,19). The second-order valence-corrected chi connectivity index (χ2v) is 6.48. The minimum absolute atomic E-state index is 0.152. The van der Waals surface area contributed by atoms with Crippen LogP contribution in [0, 0.1) is 6.92 Å². The number of pyridine rings is 1. The second-order valence-electron chi connectivity index (χ2n) is 4.78. The number of hydrogen-bond donors (Lipinski definition) is 1. The number of anilines is 1. The lowest BCUT2D eigenvalue weighted by atomic mass is 10.2. The van der Waals surface area contributed by atoms with Crippen LogP contribution in [0.4, 0.5) is 5.69 Å². The summed E-state index contributed by atoms with van der Waals surface area (Å²) in [5, 5.41) is 0. The van der Waals surface area contributed by atoms with Gasteiger partial charge in [0.2, 0.25) is 5.88 Å². The fraction of sp³-hybridized carbons (Fsp3) is 0.200. The predicted molar refractivity (Wildman–Crippen MR) is 86.8 cm³/mol. The number of nitrogens with one attached hydrogen (secondary N) is 1. The lowest BCUT2D eigenvalue weighted by molar-refractivity contribution is 0.0980. The smallest absolute Gasteiger partial charge is 0.326 e. The van der Waals surface area contributed by atoms with Crippen molar-refractivity contribution in [2.75, 3.05) is 18.5 Å². The van der Waals surface area contributed by atoms with Gasteiger partial charge in [0, 0.05) is 24.4 Å². The van der Waals surface area contributed by atoms with Crippen LogP contribution in [0.1, 0.15) is 16.1 Å². The third-order valence-corrected chi connectivity index (χ3v) is 4.48. The van der Waals surface area contributed by atoms with Crippen molar-refractivity contribution >= 4 is 21.8 Å². The van der Waals surface area contributed by atoms with E-state index in [0.29, 0.717) is 11.4 Å². The van der Waals surface area contributed by atoms with Crippen molar-refractivity contribution in [1.82, 2.24) is 9.71 Å². The maximum atomic E-state index is 12.3. The van der Waals surface area contributed by atoms with Gasteiger partial charge in [-0.15, -0.1) is 0 Å². The number of carbonyl (C=O) groups excluding carboxylic acids is 1. The fourth-order valence-electron chi connectivity index (χ4n) is 1.89. The molecule has 0 unspecified atom stereocenters. The van der Waals surface area contributed by atoms with Crippen molar-refractivity contribution in [3.8, 4) is 5.88 Å². The number of rotatable bonds is 5. The summed E-state index contributed by atoms with van der Waals surface area (Å²) in [4.78, 5) is 16.3. The summed E-state index contributed by atoms with van der Waals surface area (Å²) < 4.78 is 32.6. The van der Waals surface area contributed by atoms with Crippen molar-refractivity contribution < 1.29 is 17.9 Å². The van der Waals surface area contributed by atoms with Gasteiger partial charge in [0.25, 0.3) is 5.91 Å². The van der Waals surface area contributed by atoms with E-state index >= 15 is 0 Å². The zero-order valence-electron chi connectivity index (χ0n) is 13.0. The molecule has 8 heteroatoms. The molecule has 0 saturated carbocycles. The third-order valence-electron chi connectivity index (χ3n) is 3.10. The van der Waals surface area contributed by atoms with E-state index in [4.69, 9.17) is 4.74 Å². The van der Waals surface area contributed by atoms with Crippen LogP contribution in [0.5, 0.6) is 5.88 Å². The van der Waals surface area contributed by atoms with Crippen LogP contribution in [0.2, 0.25) is 0 Å². The lowest BCUT2D eigenvalue weighted by Gasteiger charge is -2.19. The molecule has 2 rings (SSSR count). The number of carbonyl (C=O) groups is 1. The van der Waals surface area contributed by atoms with Gasteiger partial charge in [0.1, 0.15) is 0 Å². The number of hydrogen-bond acceptors (Lipinski definition) is 5. The van der Waals surface area contributed by atoms with Crippen molar-refractivity contribution in [2.24, 2.45) is 0 Å². The molecule has 0 atom stereocenters. The minimum Gasteiger partial charge on any atom is -0.481 e. The van der Waals surface area contributed by atoms with Gasteiger partial charge in [-0.05, 0) is 25.1 Å². The van der Waals surface area contributed by atoms with Gasteiger partial charge >= 0.3 is 10.2 Å². The molecule has 23 heavy (non-hydrogen) atoms. The maximum absolute atomic E-state index is 12.3. The number of nitrogens with zero attached hydrogens (tertiary/aromatic N) is 2. The molecule has 0 fully saturated rings. The molecule has 0 radical (unpaired) electrons. The Balaban J connectivity index is 2.23. The van der Waals surface area contributed by atoms with E-state index in [1.165, 1.54) is 26.3 Å². The number of amides is 1. The summed E-state index contributed by atoms with van der Waals surface area (Å²) in [5.74, 6) is -0.513. The van der Waals surface area contributed by atoms with E-state index in [9.17, 15) is 13.2 Å². The zero-order valence-corrected chi connectivity index (χ0v) is 13.8. The van der Waals surface area contributed by atoms with Crippen molar-refractivity contribution in [3.63, 3.8) is 0 Å². The largest absolute Gasteiger partial charge is 0.481 e. The highest BCUT2D eigenvalue weighted by molar-refractivity contribution is 7.91. The zero-order chi connectivity index (χ0) is 17.0. The van der Waals surface area contributed by atoms with Crippen molar-refractivity contribution in [2.45, 2.75) is 6.92 Å². The first kappa shape index (κ1) is 16.8. The molecule has 1 aromatic carbocycles. The number of methoxy groups -OCH3 is 1. The van der Waals surface area contributed by atoms with E-state index in [2.05, 4.69) is 4.98 Å². The Morgan fingerprint density at radius 2 is 1.87 bits per heavy atom. The van der Waals surface area contributed by atoms with Gasteiger partial charge in [0.15, 0.2) is 0 Å². The highest BCUT2D eigenvalue weighted by atomic mass is 32.2. The molecule has 122 valence electrons. The number of aryl methyl sites for hydroxylation is 1. The molecule has 2 aromatic rings. The van der Waals surface area contributed by atoms with Gasteiger partial charge in [-0.2, -0.15) is 8.42 Å². The molecule has 7 nitrogen and oxygen atoms in total. The van der Waals surface area contributed by atoms with Crippen LogP contribution in [-0.2, 0) is 10.2 Å². The van der Waals surface area contributed by atoms with Gasteiger partial charge in [0.05, 0.1) is 12.8 Å². The highest BCUT2D eigenvalue weighted by Gasteiger charge is 2.22. The van der Waals surface area contributed by atoms with E-state index in [-0.39, 0.29) is 11.4 Å². The molecule has 0 aliphatic heterocycles. The summed E-state index contributed by atoms with van der Waals surface area (Å²) in [6.45, 7) is 1.68. The molecule has 0 aliphatic carbocycles. The number of benzene rings is 1. The quantitative estimate of drug-likeness (QED) is 0.895. The molecule has 1 amide bonds. The third kappa shape index (κ3) is 3.98. The van der Waals surface area contributed by atoms with Crippen LogP contribution in [0.3, 0.4) is 0 Å². The Morgan fingerprint density at radius 3 is 2.48 bits per heavy atom. The van der Waals surface area contributed by atoms with Crippen molar-refractivity contribution in [1.29, 1.82) is 0 Å². The van der Waals surface area contributed by atoms with E-state index in [1.54, 1.807) is 37.3 Å². The molecule has 1 N–H and O–H groups in total. The molecule has 0 spiro atoms. The first-order valence-electron chi connectivity index (χ1n) is 6.72. The highest BCUT2D eigenvalue weighted by Crippen LogP contribution is 2.16. The first-order chi connectivity index (χ1) is 10.8. The van der Waals surface area contributed by atoms with Crippen LogP contribution >= 0.6 is 0 Å².